The zero-order valence-corrected chi connectivity index (χ0v) is 7.90. The van der Waals surface area contributed by atoms with Gasteiger partial charge in [-0.2, -0.15) is 0 Å². The number of benzene rings is 1. The van der Waals surface area contributed by atoms with Crippen molar-refractivity contribution < 1.29 is 4.39 Å². The lowest BCUT2D eigenvalue weighted by Crippen LogP contribution is -2.10. The van der Waals surface area contributed by atoms with Crippen LogP contribution >= 0.6 is 11.6 Å². The zero-order valence-electron chi connectivity index (χ0n) is 7.14. The van der Waals surface area contributed by atoms with Crippen molar-refractivity contribution in [2.24, 2.45) is 0 Å². The second-order valence-electron chi connectivity index (χ2n) is 2.97. The van der Waals surface area contributed by atoms with Crippen molar-refractivity contribution in [1.82, 2.24) is 4.90 Å². The summed E-state index contributed by atoms with van der Waals surface area (Å²) in [7, 11) is 3.89. The van der Waals surface area contributed by atoms with Crippen molar-refractivity contribution in [3.8, 4) is 0 Å². The van der Waals surface area contributed by atoms with Crippen molar-refractivity contribution in [3.63, 3.8) is 0 Å². The quantitative estimate of drug-likeness (QED) is 0.688. The van der Waals surface area contributed by atoms with E-state index in [4.69, 9.17) is 11.6 Å². The molecule has 1 nitrogen and oxygen atoms in total. The molecule has 3 heteroatoms. The van der Waals surface area contributed by atoms with E-state index in [0.29, 0.717) is 5.02 Å². The Balaban J connectivity index is 2.86. The van der Waals surface area contributed by atoms with E-state index in [9.17, 15) is 4.39 Å². The molecule has 0 bridgehead atoms. The van der Waals surface area contributed by atoms with Gasteiger partial charge in [-0.05, 0) is 31.8 Å². The Labute approximate surface area is 76.8 Å². The summed E-state index contributed by atoms with van der Waals surface area (Å²) in [4.78, 5) is 1.99. The normalized spacial score (nSPS) is 10.8. The van der Waals surface area contributed by atoms with Gasteiger partial charge in [-0.1, -0.05) is 17.7 Å². The molecule has 1 aromatic rings. The molecule has 12 heavy (non-hydrogen) atoms. The summed E-state index contributed by atoms with van der Waals surface area (Å²) in [5, 5.41) is 0.490. The van der Waals surface area contributed by atoms with E-state index in [1.54, 1.807) is 6.07 Å². The smallest absolute Gasteiger partial charge is 0.124 e. The largest absolute Gasteiger partial charge is 0.305 e. The molecule has 1 aromatic carbocycles. The van der Waals surface area contributed by atoms with Crippen LogP contribution in [-0.2, 0) is 6.54 Å². The minimum absolute atomic E-state index is 0.289. The molecule has 0 aliphatic rings. The maximum Gasteiger partial charge on any atom is 0.124 e. The first-order chi connectivity index (χ1) is 5.59. The fourth-order valence-corrected chi connectivity index (χ4v) is 1.22. The predicted molar refractivity (Wildman–Crippen MR) is 48.8 cm³/mol. The average Bonchev–Trinajstić information content (AvgIpc) is 1.94. The highest BCUT2D eigenvalue weighted by atomic mass is 35.5. The summed E-state index contributed by atoms with van der Waals surface area (Å²) < 4.78 is 12.6. The van der Waals surface area contributed by atoms with Gasteiger partial charge in [0.1, 0.15) is 5.82 Å². The Kier molecular flexibility index (Phi) is 3.06. The SMILES string of the molecule is CN(C)Cc1ccc(F)cc1Cl. The second kappa shape index (κ2) is 3.87. The zero-order chi connectivity index (χ0) is 9.14. The van der Waals surface area contributed by atoms with Crippen molar-refractivity contribution in [3.05, 3.63) is 34.6 Å². The lowest BCUT2D eigenvalue weighted by Gasteiger charge is -2.10. The molecule has 0 unspecified atom stereocenters. The van der Waals surface area contributed by atoms with Crippen LogP contribution in [0.5, 0.6) is 0 Å². The van der Waals surface area contributed by atoms with Gasteiger partial charge in [0.2, 0.25) is 0 Å². The third kappa shape index (κ3) is 2.47. The summed E-state index contributed by atoms with van der Waals surface area (Å²) in [5.41, 5.74) is 0.947. The average molecular weight is 188 g/mol. The van der Waals surface area contributed by atoms with E-state index < -0.39 is 0 Å². The Hall–Kier alpha value is -0.600. The molecule has 0 aliphatic heterocycles. The first kappa shape index (κ1) is 9.49. The van der Waals surface area contributed by atoms with Crippen molar-refractivity contribution in [2.75, 3.05) is 14.1 Å². The third-order valence-electron chi connectivity index (χ3n) is 1.50. The molecular formula is C9H11ClFN. The van der Waals surface area contributed by atoms with Crippen LogP contribution in [0, 0.1) is 5.82 Å². The lowest BCUT2D eigenvalue weighted by molar-refractivity contribution is 0.402. The summed E-state index contributed by atoms with van der Waals surface area (Å²) in [6.07, 6.45) is 0. The van der Waals surface area contributed by atoms with Crippen LogP contribution in [-0.4, -0.2) is 19.0 Å². The molecule has 0 aromatic heterocycles. The molecular weight excluding hydrogens is 177 g/mol. The minimum atomic E-state index is -0.289. The van der Waals surface area contributed by atoms with Crippen LogP contribution in [0.25, 0.3) is 0 Å². The lowest BCUT2D eigenvalue weighted by atomic mass is 10.2. The third-order valence-corrected chi connectivity index (χ3v) is 1.85. The molecule has 0 atom stereocenters. The van der Waals surface area contributed by atoms with E-state index in [1.807, 2.05) is 19.0 Å². The van der Waals surface area contributed by atoms with E-state index in [0.717, 1.165) is 12.1 Å². The molecule has 66 valence electrons. The highest BCUT2D eigenvalue weighted by molar-refractivity contribution is 6.31. The maximum absolute atomic E-state index is 12.6. The van der Waals surface area contributed by atoms with Crippen molar-refractivity contribution in [2.45, 2.75) is 6.54 Å². The van der Waals surface area contributed by atoms with Gasteiger partial charge < -0.3 is 4.90 Å². The molecule has 0 amide bonds. The molecule has 0 radical (unpaired) electrons. The predicted octanol–water partition coefficient (Wildman–Crippen LogP) is 2.54. The highest BCUT2D eigenvalue weighted by Crippen LogP contribution is 2.17. The summed E-state index contributed by atoms with van der Waals surface area (Å²) in [6.45, 7) is 0.735. The molecule has 0 fully saturated rings. The van der Waals surface area contributed by atoms with Gasteiger partial charge in [0.05, 0.1) is 0 Å². The number of hydrogen-bond acceptors (Lipinski definition) is 1. The van der Waals surface area contributed by atoms with Crippen LogP contribution in [0.2, 0.25) is 5.02 Å². The first-order valence-electron chi connectivity index (χ1n) is 3.68. The van der Waals surface area contributed by atoms with Gasteiger partial charge in [-0.25, -0.2) is 4.39 Å². The van der Waals surface area contributed by atoms with Gasteiger partial charge in [0.15, 0.2) is 0 Å². The van der Waals surface area contributed by atoms with Crippen LogP contribution in [0.4, 0.5) is 4.39 Å². The fraction of sp³-hybridized carbons (Fsp3) is 0.333. The van der Waals surface area contributed by atoms with E-state index in [-0.39, 0.29) is 5.82 Å². The van der Waals surface area contributed by atoms with Gasteiger partial charge in [-0.3, -0.25) is 0 Å². The number of halogens is 2. The van der Waals surface area contributed by atoms with Crippen LogP contribution < -0.4 is 0 Å². The monoisotopic (exact) mass is 187 g/mol. The van der Waals surface area contributed by atoms with Crippen molar-refractivity contribution >= 4 is 11.6 Å². The van der Waals surface area contributed by atoms with Crippen LogP contribution in [0.3, 0.4) is 0 Å². The summed E-state index contributed by atoms with van der Waals surface area (Å²) in [5.74, 6) is -0.289. The molecule has 1 rings (SSSR count). The number of nitrogens with zero attached hydrogens (tertiary/aromatic N) is 1. The summed E-state index contributed by atoms with van der Waals surface area (Å²) >= 11 is 5.81. The molecule has 0 aliphatic carbocycles. The Morgan fingerprint density at radius 3 is 2.58 bits per heavy atom. The fourth-order valence-electron chi connectivity index (χ4n) is 0.991. The van der Waals surface area contributed by atoms with E-state index >= 15 is 0 Å². The van der Waals surface area contributed by atoms with Crippen LogP contribution in [0.1, 0.15) is 5.56 Å². The number of hydrogen-bond donors (Lipinski definition) is 0. The highest BCUT2D eigenvalue weighted by Gasteiger charge is 2.02. The van der Waals surface area contributed by atoms with Gasteiger partial charge >= 0.3 is 0 Å². The molecule has 0 N–H and O–H groups in total. The first-order valence-corrected chi connectivity index (χ1v) is 4.06. The van der Waals surface area contributed by atoms with Crippen LogP contribution in [0.15, 0.2) is 18.2 Å². The summed E-state index contributed by atoms with van der Waals surface area (Å²) in [6, 6.07) is 4.46. The van der Waals surface area contributed by atoms with Gasteiger partial charge in [0.25, 0.3) is 0 Å². The van der Waals surface area contributed by atoms with E-state index in [1.165, 1.54) is 12.1 Å². The Bertz CT molecular complexity index is 273. The molecule has 0 saturated heterocycles. The minimum Gasteiger partial charge on any atom is -0.305 e. The van der Waals surface area contributed by atoms with E-state index in [2.05, 4.69) is 0 Å². The van der Waals surface area contributed by atoms with Crippen molar-refractivity contribution in [1.29, 1.82) is 0 Å². The Morgan fingerprint density at radius 2 is 2.08 bits per heavy atom. The maximum atomic E-state index is 12.6. The standard InChI is InChI=1S/C9H11ClFN/c1-12(2)6-7-3-4-8(11)5-9(7)10/h3-5H,6H2,1-2H3. The topological polar surface area (TPSA) is 3.24 Å². The molecule has 0 spiro atoms. The number of rotatable bonds is 2. The Morgan fingerprint density at radius 1 is 1.42 bits per heavy atom. The van der Waals surface area contributed by atoms with Gasteiger partial charge in [-0.15, -0.1) is 0 Å². The molecule has 0 saturated carbocycles. The second-order valence-corrected chi connectivity index (χ2v) is 3.38. The molecule has 0 heterocycles. The van der Waals surface area contributed by atoms with Gasteiger partial charge in [0, 0.05) is 11.6 Å².